The zero-order valence-corrected chi connectivity index (χ0v) is 13.5. The van der Waals surface area contributed by atoms with Gasteiger partial charge >= 0.3 is 0 Å². The Balaban J connectivity index is 2.50. The lowest BCUT2D eigenvalue weighted by atomic mass is 10.2. The van der Waals surface area contributed by atoms with Crippen LogP contribution in [0.1, 0.15) is 37.6 Å². The molecular formula is C13H24N2O2S2. The summed E-state index contributed by atoms with van der Waals surface area (Å²) in [5, 5.41) is 4.74. The molecule has 110 valence electrons. The normalized spacial score (nSPS) is 13.6. The summed E-state index contributed by atoms with van der Waals surface area (Å²) in [6.45, 7) is 7.63. The number of nitrogens with one attached hydrogen (secondary N) is 2. The van der Waals surface area contributed by atoms with Crippen LogP contribution in [0.3, 0.4) is 0 Å². The third-order valence-corrected chi connectivity index (χ3v) is 5.78. The number of sulfonamides is 1. The molecule has 6 heteroatoms. The molecule has 0 aliphatic heterocycles. The summed E-state index contributed by atoms with van der Waals surface area (Å²) in [4.78, 5) is 1.11. The maximum Gasteiger partial charge on any atom is 0.215 e. The Morgan fingerprint density at radius 3 is 2.74 bits per heavy atom. The molecule has 0 amide bonds. The molecule has 1 heterocycles. The van der Waals surface area contributed by atoms with Crippen molar-refractivity contribution in [3.8, 4) is 0 Å². The van der Waals surface area contributed by atoms with Crippen molar-refractivity contribution < 1.29 is 8.42 Å². The molecule has 0 fully saturated rings. The molecule has 0 aromatic carbocycles. The molecule has 0 aliphatic carbocycles. The van der Waals surface area contributed by atoms with Crippen molar-refractivity contribution in [1.82, 2.24) is 10.0 Å². The summed E-state index contributed by atoms with van der Waals surface area (Å²) >= 11 is 1.61. The second-order valence-corrected chi connectivity index (χ2v) is 7.79. The Hall–Kier alpha value is -0.430. The van der Waals surface area contributed by atoms with Crippen molar-refractivity contribution in [2.75, 3.05) is 13.1 Å². The molecule has 1 aromatic rings. The molecule has 0 spiro atoms. The van der Waals surface area contributed by atoms with Gasteiger partial charge in [0.1, 0.15) is 0 Å². The van der Waals surface area contributed by atoms with E-state index in [-0.39, 0.29) is 0 Å². The van der Waals surface area contributed by atoms with E-state index in [0.29, 0.717) is 13.1 Å². The average Bonchev–Trinajstić information content (AvgIpc) is 2.84. The van der Waals surface area contributed by atoms with Crippen LogP contribution >= 0.6 is 11.3 Å². The van der Waals surface area contributed by atoms with Gasteiger partial charge in [-0.15, -0.1) is 11.3 Å². The molecule has 0 bridgehead atoms. The summed E-state index contributed by atoms with van der Waals surface area (Å²) in [7, 11) is -3.25. The van der Waals surface area contributed by atoms with Gasteiger partial charge in [0, 0.05) is 18.0 Å². The third-order valence-electron chi connectivity index (χ3n) is 3.04. The standard InChI is InChI=1S/C13H24N2O2S2/c1-4-7-14-9-11(3)19(16,17)15-10-13-12(5-2)6-8-18-13/h6,8,11,14-15H,4-5,7,9-10H2,1-3H3. The second-order valence-electron chi connectivity index (χ2n) is 4.60. The van der Waals surface area contributed by atoms with Gasteiger partial charge < -0.3 is 5.32 Å². The van der Waals surface area contributed by atoms with E-state index in [1.807, 2.05) is 5.38 Å². The second kappa shape index (κ2) is 7.99. The van der Waals surface area contributed by atoms with Crippen LogP contribution in [0.4, 0.5) is 0 Å². The Kier molecular flexibility index (Phi) is 6.99. The van der Waals surface area contributed by atoms with Gasteiger partial charge in [0.05, 0.1) is 5.25 Å². The molecule has 4 nitrogen and oxygen atoms in total. The first-order valence-corrected chi connectivity index (χ1v) is 9.18. The average molecular weight is 304 g/mol. The summed E-state index contributed by atoms with van der Waals surface area (Å²) < 4.78 is 26.9. The van der Waals surface area contributed by atoms with E-state index in [1.165, 1.54) is 5.56 Å². The highest BCUT2D eigenvalue weighted by molar-refractivity contribution is 7.90. The summed E-state index contributed by atoms with van der Waals surface area (Å²) in [5.41, 5.74) is 1.23. The van der Waals surface area contributed by atoms with Crippen LogP contribution in [0, 0.1) is 0 Å². The zero-order valence-electron chi connectivity index (χ0n) is 11.9. The van der Waals surface area contributed by atoms with Gasteiger partial charge in [0.25, 0.3) is 0 Å². The van der Waals surface area contributed by atoms with Gasteiger partial charge in [-0.2, -0.15) is 0 Å². The molecule has 2 N–H and O–H groups in total. The first-order chi connectivity index (χ1) is 9.01. The Bertz CT molecular complexity index is 469. The van der Waals surface area contributed by atoms with Crippen LogP contribution in [0.5, 0.6) is 0 Å². The molecular weight excluding hydrogens is 280 g/mol. The van der Waals surface area contributed by atoms with E-state index in [0.717, 1.165) is 24.3 Å². The lowest BCUT2D eigenvalue weighted by molar-refractivity contribution is 0.557. The highest BCUT2D eigenvalue weighted by Crippen LogP contribution is 2.17. The highest BCUT2D eigenvalue weighted by atomic mass is 32.2. The predicted octanol–water partition coefficient (Wildman–Crippen LogP) is 2.12. The van der Waals surface area contributed by atoms with E-state index >= 15 is 0 Å². The first kappa shape index (κ1) is 16.6. The van der Waals surface area contributed by atoms with Gasteiger partial charge in [-0.05, 0) is 43.3 Å². The van der Waals surface area contributed by atoms with Crippen molar-refractivity contribution in [3.63, 3.8) is 0 Å². The first-order valence-electron chi connectivity index (χ1n) is 6.75. The molecule has 1 aromatic heterocycles. The number of rotatable bonds is 9. The van der Waals surface area contributed by atoms with Gasteiger partial charge in [0.2, 0.25) is 10.0 Å². The van der Waals surface area contributed by atoms with Crippen molar-refractivity contribution >= 4 is 21.4 Å². The van der Waals surface area contributed by atoms with Crippen LogP contribution in [-0.4, -0.2) is 26.8 Å². The smallest absolute Gasteiger partial charge is 0.215 e. The lowest BCUT2D eigenvalue weighted by Crippen LogP contribution is -2.38. The molecule has 1 atom stereocenters. The van der Waals surface area contributed by atoms with E-state index in [1.54, 1.807) is 18.3 Å². The SMILES string of the molecule is CCCNCC(C)S(=O)(=O)NCc1sccc1CC. The van der Waals surface area contributed by atoms with Crippen LogP contribution in [0.25, 0.3) is 0 Å². The van der Waals surface area contributed by atoms with Crippen LogP contribution in [0.15, 0.2) is 11.4 Å². The zero-order chi connectivity index (χ0) is 14.3. The third kappa shape index (κ3) is 5.22. The Labute approximate surface area is 120 Å². The van der Waals surface area contributed by atoms with E-state index in [9.17, 15) is 8.42 Å². The minimum atomic E-state index is -3.25. The maximum atomic E-state index is 12.1. The molecule has 1 rings (SSSR count). The van der Waals surface area contributed by atoms with Crippen LogP contribution in [-0.2, 0) is 23.0 Å². The van der Waals surface area contributed by atoms with Crippen molar-refractivity contribution in [2.24, 2.45) is 0 Å². The van der Waals surface area contributed by atoms with Crippen molar-refractivity contribution in [3.05, 3.63) is 21.9 Å². The van der Waals surface area contributed by atoms with Gasteiger partial charge in [0.15, 0.2) is 0 Å². The number of thiophene rings is 1. The van der Waals surface area contributed by atoms with Gasteiger partial charge in [-0.3, -0.25) is 0 Å². The monoisotopic (exact) mass is 304 g/mol. The molecule has 1 unspecified atom stereocenters. The number of hydrogen-bond acceptors (Lipinski definition) is 4. The van der Waals surface area contributed by atoms with Crippen LogP contribution in [0.2, 0.25) is 0 Å². The molecule has 0 radical (unpaired) electrons. The predicted molar refractivity (Wildman–Crippen MR) is 82.1 cm³/mol. The summed E-state index contributed by atoms with van der Waals surface area (Å²) in [5.74, 6) is 0. The molecule has 19 heavy (non-hydrogen) atoms. The fourth-order valence-electron chi connectivity index (χ4n) is 1.74. The van der Waals surface area contributed by atoms with E-state index in [2.05, 4.69) is 30.0 Å². The van der Waals surface area contributed by atoms with Crippen molar-refractivity contribution in [2.45, 2.75) is 45.4 Å². The van der Waals surface area contributed by atoms with E-state index < -0.39 is 15.3 Å². The fourth-order valence-corrected chi connectivity index (χ4v) is 3.71. The van der Waals surface area contributed by atoms with Crippen molar-refractivity contribution in [1.29, 1.82) is 0 Å². The Morgan fingerprint density at radius 1 is 1.37 bits per heavy atom. The lowest BCUT2D eigenvalue weighted by Gasteiger charge is -2.14. The number of hydrogen-bond donors (Lipinski definition) is 2. The highest BCUT2D eigenvalue weighted by Gasteiger charge is 2.20. The minimum absolute atomic E-state index is 0.404. The molecule has 0 aliphatic rings. The Morgan fingerprint density at radius 2 is 2.11 bits per heavy atom. The molecule has 0 saturated carbocycles. The van der Waals surface area contributed by atoms with Gasteiger partial charge in [-0.25, -0.2) is 13.1 Å². The quantitative estimate of drug-likeness (QED) is 0.687. The van der Waals surface area contributed by atoms with E-state index in [4.69, 9.17) is 0 Å². The molecule has 0 saturated heterocycles. The summed E-state index contributed by atoms with van der Waals surface area (Å²) in [6, 6.07) is 2.06. The topological polar surface area (TPSA) is 58.2 Å². The summed E-state index contributed by atoms with van der Waals surface area (Å²) in [6.07, 6.45) is 1.95. The number of aryl methyl sites for hydroxylation is 1. The van der Waals surface area contributed by atoms with Crippen LogP contribution < -0.4 is 10.0 Å². The maximum absolute atomic E-state index is 12.1. The minimum Gasteiger partial charge on any atom is -0.315 e. The fraction of sp³-hybridized carbons (Fsp3) is 0.692. The van der Waals surface area contributed by atoms with Gasteiger partial charge in [-0.1, -0.05) is 13.8 Å². The largest absolute Gasteiger partial charge is 0.315 e.